The van der Waals surface area contributed by atoms with Crippen molar-refractivity contribution in [2.24, 2.45) is 17.8 Å². The molecule has 0 radical (unpaired) electrons. The molecule has 0 spiro atoms. The maximum absolute atomic E-state index is 14.7. The molecule has 0 saturated carbocycles. The number of carbonyl (C=O) groups is 5. The summed E-state index contributed by atoms with van der Waals surface area (Å²) in [5.41, 5.74) is 1.13. The Morgan fingerprint density at radius 3 is 2.32 bits per heavy atom. The molecule has 4 amide bonds. The number of nitrogens with one attached hydrogen (secondary N) is 3. The van der Waals surface area contributed by atoms with E-state index in [0.717, 1.165) is 31.4 Å². The number of nitrogens with zero attached hydrogens (tertiary/aromatic N) is 3. The molecule has 16 heteroatoms. The number of hydrogen-bond donors (Lipinski definition) is 5. The van der Waals surface area contributed by atoms with Crippen molar-refractivity contribution in [2.45, 2.75) is 162 Å². The Bertz CT molecular complexity index is 1740. The molecule has 14 nitrogen and oxygen atoms in total. The highest BCUT2D eigenvalue weighted by atomic mass is 32.1. The first kappa shape index (κ1) is 52.5. The SMILES string of the molecule is CCCC(=O)OCN(C(=O)[C@@H](NC(=O)[C@H]1CCCCN1C)C(C)CC)[C@H](C[C@@H](C)c1nc(C(=O)N[C@@H](Cc2ccc(O)cc2)C[C@H](C)C(=O)NCCC[Si](C)(C)O)cs1)C(C)C. The number of aromatic nitrogens is 1. The number of benzene rings is 1. The van der Waals surface area contributed by atoms with Crippen LogP contribution < -0.4 is 16.0 Å². The number of piperidine rings is 1. The summed E-state index contributed by atoms with van der Waals surface area (Å²) in [6, 6.07) is 5.51. The van der Waals surface area contributed by atoms with E-state index in [1.165, 1.54) is 11.3 Å². The second-order valence-electron chi connectivity index (χ2n) is 18.5. The minimum absolute atomic E-state index is 0.0602. The highest BCUT2D eigenvalue weighted by Gasteiger charge is 2.38. The van der Waals surface area contributed by atoms with E-state index in [1.54, 1.807) is 34.5 Å². The number of hydrogen-bond acceptors (Lipinski definition) is 11. The lowest BCUT2D eigenvalue weighted by Gasteiger charge is -2.39. The number of carbonyl (C=O) groups excluding carboxylic acids is 5. The molecular formula is C46H76N6O8SSi. The lowest BCUT2D eigenvalue weighted by atomic mass is 9.90. The van der Waals surface area contributed by atoms with Gasteiger partial charge in [-0.15, -0.1) is 11.3 Å². The maximum Gasteiger partial charge on any atom is 0.307 e. The number of amides is 4. The van der Waals surface area contributed by atoms with E-state index in [1.807, 2.05) is 73.5 Å². The molecule has 1 aromatic carbocycles. The Kier molecular flexibility index (Phi) is 21.5. The van der Waals surface area contributed by atoms with Crippen LogP contribution in [-0.2, 0) is 30.3 Å². The van der Waals surface area contributed by atoms with Gasteiger partial charge >= 0.3 is 5.97 Å². The zero-order chi connectivity index (χ0) is 46.1. The van der Waals surface area contributed by atoms with Crippen LogP contribution in [0.1, 0.15) is 133 Å². The van der Waals surface area contributed by atoms with Gasteiger partial charge in [0.1, 0.15) is 17.5 Å². The second kappa shape index (κ2) is 25.4. The number of aromatic hydroxyl groups is 1. The van der Waals surface area contributed by atoms with Gasteiger partial charge in [0.2, 0.25) is 17.7 Å². The summed E-state index contributed by atoms with van der Waals surface area (Å²) >= 11 is 1.36. The van der Waals surface area contributed by atoms with Gasteiger partial charge in [0.25, 0.3) is 5.91 Å². The summed E-state index contributed by atoms with van der Waals surface area (Å²) in [5, 5.41) is 21.5. The normalized spacial score (nSPS) is 17.6. The molecule has 3 rings (SSSR count). The summed E-state index contributed by atoms with van der Waals surface area (Å²) in [4.78, 5) is 86.7. The van der Waals surface area contributed by atoms with Crippen molar-refractivity contribution >= 4 is 49.3 Å². The Morgan fingerprint density at radius 2 is 1.71 bits per heavy atom. The predicted octanol–water partition coefficient (Wildman–Crippen LogP) is 6.58. The molecule has 5 N–H and O–H groups in total. The van der Waals surface area contributed by atoms with Crippen molar-refractivity contribution in [3.63, 3.8) is 0 Å². The molecule has 1 saturated heterocycles. The number of thiazole rings is 1. The monoisotopic (exact) mass is 901 g/mol. The van der Waals surface area contributed by atoms with Crippen LogP contribution >= 0.6 is 11.3 Å². The Labute approximate surface area is 375 Å². The third-order valence-corrected chi connectivity index (χ3v) is 14.7. The number of phenols is 1. The van der Waals surface area contributed by atoms with Crippen molar-refractivity contribution in [3.8, 4) is 5.75 Å². The van der Waals surface area contributed by atoms with E-state index in [9.17, 15) is 33.9 Å². The third-order valence-electron chi connectivity index (χ3n) is 12.0. The number of esters is 1. The molecule has 348 valence electrons. The topological polar surface area (TPSA) is 190 Å². The molecule has 1 aliphatic rings. The van der Waals surface area contributed by atoms with Gasteiger partial charge < -0.3 is 35.5 Å². The molecule has 2 aromatic rings. The summed E-state index contributed by atoms with van der Waals surface area (Å²) in [7, 11) is -0.268. The molecule has 1 fully saturated rings. The maximum atomic E-state index is 14.7. The average Bonchev–Trinajstić information content (AvgIpc) is 3.72. The van der Waals surface area contributed by atoms with Crippen LogP contribution in [0.15, 0.2) is 29.6 Å². The lowest BCUT2D eigenvalue weighted by molar-refractivity contribution is -0.159. The highest BCUT2D eigenvalue weighted by molar-refractivity contribution is 7.09. The first-order valence-corrected chi connectivity index (χ1v) is 26.8. The first-order valence-electron chi connectivity index (χ1n) is 22.7. The summed E-state index contributed by atoms with van der Waals surface area (Å²) < 4.78 is 5.72. The Morgan fingerprint density at radius 1 is 1.02 bits per heavy atom. The van der Waals surface area contributed by atoms with Gasteiger partial charge in [-0.05, 0) is 107 Å². The quantitative estimate of drug-likeness (QED) is 0.0315. The van der Waals surface area contributed by atoms with E-state index in [0.29, 0.717) is 56.1 Å². The van der Waals surface area contributed by atoms with Crippen LogP contribution in [-0.4, -0.2) is 114 Å². The molecule has 2 heterocycles. The number of likely N-dealkylation sites (N-methyl/N-ethyl adjacent to an activating group) is 1. The van der Waals surface area contributed by atoms with Crippen molar-refractivity contribution < 1.29 is 38.6 Å². The van der Waals surface area contributed by atoms with Gasteiger partial charge in [-0.3, -0.25) is 28.9 Å². The molecular weight excluding hydrogens is 825 g/mol. The van der Waals surface area contributed by atoms with Crippen LogP contribution in [0.25, 0.3) is 0 Å². The van der Waals surface area contributed by atoms with Crippen molar-refractivity contribution in [2.75, 3.05) is 26.9 Å². The fourth-order valence-electron chi connectivity index (χ4n) is 7.91. The van der Waals surface area contributed by atoms with Crippen LogP contribution in [0, 0.1) is 17.8 Å². The van der Waals surface area contributed by atoms with E-state index in [4.69, 9.17) is 9.72 Å². The van der Waals surface area contributed by atoms with Gasteiger partial charge in [-0.25, -0.2) is 4.98 Å². The molecule has 1 aliphatic heterocycles. The van der Waals surface area contributed by atoms with Crippen molar-refractivity contribution in [1.29, 1.82) is 0 Å². The largest absolute Gasteiger partial charge is 0.508 e. The summed E-state index contributed by atoms with van der Waals surface area (Å²) in [6.45, 7) is 18.5. The zero-order valence-electron chi connectivity index (χ0n) is 39.0. The molecule has 1 aromatic heterocycles. The van der Waals surface area contributed by atoms with Crippen molar-refractivity contribution in [3.05, 3.63) is 45.9 Å². The van der Waals surface area contributed by atoms with Crippen molar-refractivity contribution in [1.82, 2.24) is 30.7 Å². The van der Waals surface area contributed by atoms with E-state index < -0.39 is 38.3 Å². The standard InChI is InChI=1S/C46H76N6O8SSi/c1-11-16-40(54)60-29-52(46(58)41(31(5)12-2)50-44(57)38-17-13-14-23-51(38)8)39(30(3)4)26-33(7)45-49-37(28-61-45)43(56)48-35(27-34-18-20-36(53)21-19-34)25-32(6)42(55)47-22-15-24-62(9,10)59/h18-21,28,30-33,35,38-39,41,53,59H,11-17,22-27,29H2,1-10H3,(H,47,55)(H,48,56)(H,50,57)/t31?,32-,33+,35+,38+,39+,41-/m0/s1. The molecule has 0 bridgehead atoms. The van der Waals surface area contributed by atoms with Gasteiger partial charge in [-0.1, -0.05) is 73.4 Å². The van der Waals surface area contributed by atoms with Gasteiger partial charge in [0.15, 0.2) is 15.0 Å². The van der Waals surface area contributed by atoms with Gasteiger partial charge in [0.05, 0.1) is 11.0 Å². The fourth-order valence-corrected chi connectivity index (χ4v) is 9.82. The minimum Gasteiger partial charge on any atom is -0.508 e. The highest BCUT2D eigenvalue weighted by Crippen LogP contribution is 2.30. The molecule has 62 heavy (non-hydrogen) atoms. The average molecular weight is 901 g/mol. The van der Waals surface area contributed by atoms with Gasteiger partial charge in [-0.2, -0.15) is 0 Å². The van der Waals surface area contributed by atoms with Gasteiger partial charge in [0, 0.05) is 42.3 Å². The fraction of sp³-hybridized carbons (Fsp3) is 0.696. The molecule has 1 unspecified atom stereocenters. The number of ether oxygens (including phenoxy) is 1. The number of likely N-dealkylation sites (tertiary alicyclic amines) is 1. The zero-order valence-corrected chi connectivity index (χ0v) is 40.8. The van der Waals surface area contributed by atoms with E-state index in [2.05, 4.69) is 16.0 Å². The molecule has 0 aliphatic carbocycles. The molecule has 7 atom stereocenters. The second-order valence-corrected chi connectivity index (χ2v) is 23.5. The number of phenolic OH excluding ortho intramolecular Hbond substituents is 1. The number of rotatable bonds is 25. The van der Waals surface area contributed by atoms with E-state index in [-0.39, 0.29) is 72.0 Å². The van der Waals surface area contributed by atoms with Crippen LogP contribution in [0.4, 0.5) is 0 Å². The Hall–Kier alpha value is -3.86. The Balaban J connectivity index is 1.82. The van der Waals surface area contributed by atoms with E-state index >= 15 is 0 Å². The summed E-state index contributed by atoms with van der Waals surface area (Å²) in [6.07, 6.45) is 6.14. The van der Waals surface area contributed by atoms with Crippen LogP contribution in [0.5, 0.6) is 5.75 Å². The first-order chi connectivity index (χ1) is 29.2. The smallest absolute Gasteiger partial charge is 0.307 e. The third kappa shape index (κ3) is 17.0. The minimum atomic E-state index is -2.21. The summed E-state index contributed by atoms with van der Waals surface area (Å²) in [5.74, 6) is -2.07. The van der Waals surface area contributed by atoms with Crippen LogP contribution in [0.2, 0.25) is 19.1 Å². The lowest BCUT2D eigenvalue weighted by Crippen LogP contribution is -2.59. The predicted molar refractivity (Wildman–Crippen MR) is 247 cm³/mol. The van der Waals surface area contributed by atoms with Crippen LogP contribution in [0.3, 0.4) is 0 Å².